The van der Waals surface area contributed by atoms with Crippen molar-refractivity contribution in [2.45, 2.75) is 6.18 Å². The van der Waals surface area contributed by atoms with Gasteiger partial charge in [0, 0.05) is 11.8 Å². The molecule has 4 N–H and O–H groups in total. The van der Waals surface area contributed by atoms with E-state index in [0.29, 0.717) is 0 Å². The fraction of sp³-hybridized carbons (Fsp3) is 0.0625. The molecule has 1 heterocycles. The Hall–Kier alpha value is -3.56. The van der Waals surface area contributed by atoms with Crippen molar-refractivity contribution in [3.8, 4) is 11.4 Å². The molecule has 26 heavy (non-hydrogen) atoms. The van der Waals surface area contributed by atoms with Crippen LogP contribution in [0.1, 0.15) is 16.2 Å². The number of nitrogens with zero attached hydrogens (tertiary/aromatic N) is 2. The molecule has 0 spiro atoms. The predicted octanol–water partition coefficient (Wildman–Crippen LogP) is 2.39. The minimum Gasteiger partial charge on any atom is -0.507 e. The number of benzene rings is 2. The SMILES string of the molecule is Nc1ccc2nc(C(F)(F)F)n(-c3ccc(C(=O)O)c(O)c3)c(=O)c2c1. The lowest BCUT2D eigenvalue weighted by molar-refractivity contribution is -0.146. The van der Waals surface area contributed by atoms with Crippen LogP contribution in [-0.4, -0.2) is 25.7 Å². The molecule has 0 aliphatic rings. The molecule has 0 aliphatic carbocycles. The van der Waals surface area contributed by atoms with Crippen LogP contribution in [0.5, 0.6) is 5.75 Å². The van der Waals surface area contributed by atoms with E-state index in [-0.39, 0.29) is 26.8 Å². The summed E-state index contributed by atoms with van der Waals surface area (Å²) in [6.07, 6.45) is -4.98. The standard InChI is InChI=1S/C16H10F3N3O4/c17-16(18,19)15-21-11-4-1-7(20)5-10(11)13(24)22(15)8-2-3-9(14(25)26)12(23)6-8/h1-6,23H,20H2,(H,25,26). The Morgan fingerprint density at radius 2 is 1.85 bits per heavy atom. The quantitative estimate of drug-likeness (QED) is 0.600. The molecule has 0 fully saturated rings. The first-order chi connectivity index (χ1) is 12.1. The highest BCUT2D eigenvalue weighted by Crippen LogP contribution is 2.31. The van der Waals surface area contributed by atoms with Gasteiger partial charge < -0.3 is 15.9 Å². The molecule has 1 aromatic heterocycles. The van der Waals surface area contributed by atoms with Gasteiger partial charge in [0.05, 0.1) is 16.6 Å². The summed E-state index contributed by atoms with van der Waals surface area (Å²) in [4.78, 5) is 27.1. The topological polar surface area (TPSA) is 118 Å². The lowest BCUT2D eigenvalue weighted by atomic mass is 10.1. The van der Waals surface area contributed by atoms with Gasteiger partial charge in [-0.1, -0.05) is 0 Å². The maximum atomic E-state index is 13.4. The number of alkyl halides is 3. The van der Waals surface area contributed by atoms with Crippen LogP contribution in [0.15, 0.2) is 41.2 Å². The predicted molar refractivity (Wildman–Crippen MR) is 85.4 cm³/mol. The average molecular weight is 365 g/mol. The Kier molecular flexibility index (Phi) is 3.82. The van der Waals surface area contributed by atoms with Crippen LogP contribution in [0, 0.1) is 0 Å². The first-order valence-electron chi connectivity index (χ1n) is 7.06. The fourth-order valence-corrected chi connectivity index (χ4v) is 2.47. The molecule has 10 heteroatoms. The number of halogens is 3. The molecule has 0 saturated carbocycles. The Bertz CT molecular complexity index is 1110. The second kappa shape index (κ2) is 5.76. The Balaban J connectivity index is 2.40. The maximum Gasteiger partial charge on any atom is 0.450 e. The summed E-state index contributed by atoms with van der Waals surface area (Å²) >= 11 is 0. The highest BCUT2D eigenvalue weighted by atomic mass is 19.4. The largest absolute Gasteiger partial charge is 0.507 e. The molecule has 7 nitrogen and oxygen atoms in total. The first kappa shape index (κ1) is 17.3. The van der Waals surface area contributed by atoms with Gasteiger partial charge in [-0.2, -0.15) is 13.2 Å². The van der Waals surface area contributed by atoms with E-state index in [1.807, 2.05) is 0 Å². The number of aromatic hydroxyl groups is 1. The van der Waals surface area contributed by atoms with Gasteiger partial charge in [-0.25, -0.2) is 9.78 Å². The zero-order valence-corrected chi connectivity index (χ0v) is 12.8. The first-order valence-corrected chi connectivity index (χ1v) is 7.06. The van der Waals surface area contributed by atoms with Crippen molar-refractivity contribution >= 4 is 22.6 Å². The molecule has 0 bridgehead atoms. The third-order valence-electron chi connectivity index (χ3n) is 3.62. The third-order valence-corrected chi connectivity index (χ3v) is 3.62. The lowest BCUT2D eigenvalue weighted by Crippen LogP contribution is -2.28. The number of carbonyl (C=O) groups is 1. The number of carboxylic acid groups (broad SMARTS) is 1. The van der Waals surface area contributed by atoms with Gasteiger partial charge in [0.1, 0.15) is 11.3 Å². The van der Waals surface area contributed by atoms with Gasteiger partial charge in [0.15, 0.2) is 0 Å². The second-order valence-electron chi connectivity index (χ2n) is 5.36. The highest BCUT2D eigenvalue weighted by Gasteiger charge is 2.38. The third kappa shape index (κ3) is 2.81. The number of carboxylic acids is 1. The van der Waals surface area contributed by atoms with Crippen LogP contribution < -0.4 is 11.3 Å². The van der Waals surface area contributed by atoms with Gasteiger partial charge in [-0.05, 0) is 30.3 Å². The Morgan fingerprint density at radius 1 is 1.15 bits per heavy atom. The van der Waals surface area contributed by atoms with Crippen molar-refractivity contribution in [1.29, 1.82) is 0 Å². The van der Waals surface area contributed by atoms with Gasteiger partial charge in [0.2, 0.25) is 5.82 Å². The number of aromatic nitrogens is 2. The highest BCUT2D eigenvalue weighted by molar-refractivity contribution is 5.91. The number of hydrogen-bond acceptors (Lipinski definition) is 5. The van der Waals surface area contributed by atoms with E-state index in [0.717, 1.165) is 18.2 Å². The van der Waals surface area contributed by atoms with E-state index >= 15 is 0 Å². The number of rotatable bonds is 2. The molecule has 0 atom stereocenters. The fourth-order valence-electron chi connectivity index (χ4n) is 2.47. The van der Waals surface area contributed by atoms with Crippen molar-refractivity contribution in [2.24, 2.45) is 0 Å². The molecule has 0 radical (unpaired) electrons. The van der Waals surface area contributed by atoms with Gasteiger partial charge in [-0.15, -0.1) is 0 Å². The number of aromatic carboxylic acids is 1. The molecule has 0 saturated heterocycles. The van der Waals surface area contributed by atoms with Crippen molar-refractivity contribution in [2.75, 3.05) is 5.73 Å². The van der Waals surface area contributed by atoms with Crippen molar-refractivity contribution in [3.63, 3.8) is 0 Å². The van der Waals surface area contributed by atoms with Gasteiger partial charge in [0.25, 0.3) is 5.56 Å². The van der Waals surface area contributed by atoms with E-state index in [9.17, 15) is 27.9 Å². The number of anilines is 1. The van der Waals surface area contributed by atoms with Crippen LogP contribution >= 0.6 is 0 Å². The summed E-state index contributed by atoms with van der Waals surface area (Å²) in [6.45, 7) is 0. The molecule has 3 rings (SSSR count). The summed E-state index contributed by atoms with van der Waals surface area (Å²) in [5.41, 5.74) is 3.58. The van der Waals surface area contributed by atoms with E-state index in [2.05, 4.69) is 4.98 Å². The average Bonchev–Trinajstić information content (AvgIpc) is 2.54. The number of nitrogen functional groups attached to an aromatic ring is 1. The minimum absolute atomic E-state index is 0.153. The van der Waals surface area contributed by atoms with Crippen molar-refractivity contribution < 1.29 is 28.2 Å². The van der Waals surface area contributed by atoms with E-state index in [1.165, 1.54) is 18.2 Å². The van der Waals surface area contributed by atoms with Crippen LogP contribution in [0.4, 0.5) is 18.9 Å². The molecule has 0 aliphatic heterocycles. The normalized spacial score (nSPS) is 11.7. The molecular formula is C16H10F3N3O4. The smallest absolute Gasteiger partial charge is 0.450 e. The number of hydrogen-bond donors (Lipinski definition) is 3. The molecule has 0 unspecified atom stereocenters. The lowest BCUT2D eigenvalue weighted by Gasteiger charge is -2.16. The Labute approximate surface area is 142 Å². The van der Waals surface area contributed by atoms with Crippen LogP contribution in [-0.2, 0) is 6.18 Å². The summed E-state index contributed by atoms with van der Waals surface area (Å²) < 4.78 is 40.5. The van der Waals surface area contributed by atoms with E-state index < -0.39 is 34.8 Å². The number of fused-ring (bicyclic) bond motifs is 1. The van der Waals surface area contributed by atoms with Crippen LogP contribution in [0.25, 0.3) is 16.6 Å². The summed E-state index contributed by atoms with van der Waals surface area (Å²) in [6, 6.07) is 6.30. The zero-order chi connectivity index (χ0) is 19.2. The number of phenols is 1. The van der Waals surface area contributed by atoms with Crippen LogP contribution in [0.3, 0.4) is 0 Å². The molecule has 134 valence electrons. The molecule has 0 amide bonds. The maximum absolute atomic E-state index is 13.4. The summed E-state index contributed by atoms with van der Waals surface area (Å²) in [5.74, 6) is -3.77. The Morgan fingerprint density at radius 3 is 2.42 bits per heavy atom. The van der Waals surface area contributed by atoms with Crippen molar-refractivity contribution in [3.05, 3.63) is 58.1 Å². The van der Waals surface area contributed by atoms with Gasteiger partial charge in [-0.3, -0.25) is 9.36 Å². The van der Waals surface area contributed by atoms with Crippen molar-refractivity contribution in [1.82, 2.24) is 9.55 Å². The molecule has 2 aromatic carbocycles. The summed E-state index contributed by atoms with van der Waals surface area (Å²) in [7, 11) is 0. The minimum atomic E-state index is -4.98. The van der Waals surface area contributed by atoms with E-state index in [4.69, 9.17) is 10.8 Å². The molecule has 3 aromatic rings. The second-order valence-corrected chi connectivity index (χ2v) is 5.36. The summed E-state index contributed by atoms with van der Waals surface area (Å²) in [5, 5.41) is 18.5. The number of nitrogens with two attached hydrogens (primary N) is 1. The van der Waals surface area contributed by atoms with E-state index in [1.54, 1.807) is 0 Å². The monoisotopic (exact) mass is 365 g/mol. The van der Waals surface area contributed by atoms with Gasteiger partial charge >= 0.3 is 12.1 Å². The molecular weight excluding hydrogens is 355 g/mol. The van der Waals surface area contributed by atoms with Crippen LogP contribution in [0.2, 0.25) is 0 Å². The zero-order valence-electron chi connectivity index (χ0n) is 12.8.